The normalized spacial score (nSPS) is 10.1. The van der Waals surface area contributed by atoms with Crippen molar-refractivity contribution < 1.29 is 9.53 Å². The number of aryl methyl sites for hydroxylation is 2. The summed E-state index contributed by atoms with van der Waals surface area (Å²) in [7, 11) is 0. The van der Waals surface area contributed by atoms with Crippen LogP contribution in [0.5, 0.6) is 5.75 Å². The number of hydrogen-bond donors (Lipinski definition) is 2. The van der Waals surface area contributed by atoms with Gasteiger partial charge in [0.05, 0.1) is 6.54 Å². The third-order valence-electron chi connectivity index (χ3n) is 3.31. The number of carbonyl (C=O) groups excluding carboxylic acids is 1. The van der Waals surface area contributed by atoms with Crippen LogP contribution in [-0.4, -0.2) is 24.2 Å². The molecule has 1 aromatic carbocycles. The largest absolute Gasteiger partial charge is 0.492 e. The molecule has 116 valence electrons. The minimum atomic E-state index is -0.215. The van der Waals surface area contributed by atoms with E-state index in [1.807, 2.05) is 37.3 Å². The first kappa shape index (κ1) is 15.8. The fraction of sp³-hybridized carbons (Fsp3) is 0.294. The molecule has 2 rings (SSSR count). The van der Waals surface area contributed by atoms with Crippen LogP contribution in [0, 0.1) is 13.8 Å². The highest BCUT2D eigenvalue weighted by Crippen LogP contribution is 2.15. The van der Waals surface area contributed by atoms with Crippen LogP contribution in [0.1, 0.15) is 16.7 Å². The van der Waals surface area contributed by atoms with Crippen molar-refractivity contribution >= 4 is 6.03 Å². The van der Waals surface area contributed by atoms with Crippen LogP contribution >= 0.6 is 0 Å². The summed E-state index contributed by atoms with van der Waals surface area (Å²) in [6.07, 6.45) is 3.43. The third-order valence-corrected chi connectivity index (χ3v) is 3.31. The van der Waals surface area contributed by atoms with Gasteiger partial charge in [0.15, 0.2) is 0 Å². The standard InChI is InChI=1S/C17H21N3O2/c1-13-5-6-16(10-14(13)2)22-9-8-19-17(21)20-12-15-4-3-7-18-11-15/h3-7,10-11H,8-9,12H2,1-2H3,(H2,19,20,21). The van der Waals surface area contributed by atoms with E-state index in [2.05, 4.69) is 22.5 Å². The molecule has 0 atom stereocenters. The Morgan fingerprint density at radius 3 is 2.77 bits per heavy atom. The first-order chi connectivity index (χ1) is 10.6. The Labute approximate surface area is 130 Å². The highest BCUT2D eigenvalue weighted by atomic mass is 16.5. The Bertz CT molecular complexity index is 615. The van der Waals surface area contributed by atoms with Crippen molar-refractivity contribution in [2.75, 3.05) is 13.2 Å². The van der Waals surface area contributed by atoms with E-state index in [9.17, 15) is 4.79 Å². The van der Waals surface area contributed by atoms with Gasteiger partial charge >= 0.3 is 6.03 Å². The molecule has 0 saturated carbocycles. The molecule has 0 saturated heterocycles. The lowest BCUT2D eigenvalue weighted by molar-refractivity contribution is 0.236. The number of hydrogen-bond acceptors (Lipinski definition) is 3. The molecular formula is C17H21N3O2. The zero-order valence-corrected chi connectivity index (χ0v) is 12.9. The quantitative estimate of drug-likeness (QED) is 0.806. The van der Waals surface area contributed by atoms with E-state index in [0.29, 0.717) is 19.7 Å². The zero-order valence-electron chi connectivity index (χ0n) is 12.9. The minimum Gasteiger partial charge on any atom is -0.492 e. The molecule has 0 radical (unpaired) electrons. The van der Waals surface area contributed by atoms with Crippen molar-refractivity contribution in [1.82, 2.24) is 15.6 Å². The smallest absolute Gasteiger partial charge is 0.315 e. The first-order valence-electron chi connectivity index (χ1n) is 7.26. The fourth-order valence-electron chi connectivity index (χ4n) is 1.88. The van der Waals surface area contributed by atoms with Crippen molar-refractivity contribution in [1.29, 1.82) is 0 Å². The number of pyridine rings is 1. The molecule has 0 aliphatic rings. The lowest BCUT2D eigenvalue weighted by atomic mass is 10.1. The number of nitrogens with one attached hydrogen (secondary N) is 2. The second kappa shape index (κ2) is 8.02. The average Bonchev–Trinajstić information content (AvgIpc) is 2.54. The maximum atomic E-state index is 11.6. The molecule has 0 fully saturated rings. The second-order valence-corrected chi connectivity index (χ2v) is 5.07. The van der Waals surface area contributed by atoms with Gasteiger partial charge in [-0.2, -0.15) is 0 Å². The van der Waals surface area contributed by atoms with Gasteiger partial charge in [0.1, 0.15) is 12.4 Å². The Kier molecular flexibility index (Phi) is 5.77. The molecule has 2 amide bonds. The maximum absolute atomic E-state index is 11.6. The number of amides is 2. The van der Waals surface area contributed by atoms with Gasteiger partial charge in [0.25, 0.3) is 0 Å². The molecule has 2 aromatic rings. The number of nitrogens with zero attached hydrogens (tertiary/aromatic N) is 1. The Hall–Kier alpha value is -2.56. The summed E-state index contributed by atoms with van der Waals surface area (Å²) >= 11 is 0. The van der Waals surface area contributed by atoms with Crippen LogP contribution < -0.4 is 15.4 Å². The average molecular weight is 299 g/mol. The number of carbonyl (C=O) groups is 1. The summed E-state index contributed by atoms with van der Waals surface area (Å²) in [5.74, 6) is 0.820. The molecule has 0 aliphatic carbocycles. The number of rotatable bonds is 6. The van der Waals surface area contributed by atoms with Crippen LogP contribution in [0.15, 0.2) is 42.7 Å². The Morgan fingerprint density at radius 2 is 2.05 bits per heavy atom. The fourth-order valence-corrected chi connectivity index (χ4v) is 1.88. The molecule has 0 spiro atoms. The molecule has 22 heavy (non-hydrogen) atoms. The monoisotopic (exact) mass is 299 g/mol. The summed E-state index contributed by atoms with van der Waals surface area (Å²) in [5, 5.41) is 5.52. The van der Waals surface area contributed by atoms with Crippen LogP contribution in [0.4, 0.5) is 4.79 Å². The summed E-state index contributed by atoms with van der Waals surface area (Å²) in [5.41, 5.74) is 3.39. The number of aromatic nitrogens is 1. The van der Waals surface area contributed by atoms with E-state index in [1.165, 1.54) is 11.1 Å². The topological polar surface area (TPSA) is 63.2 Å². The van der Waals surface area contributed by atoms with Crippen molar-refractivity contribution in [2.24, 2.45) is 0 Å². The molecule has 0 unspecified atom stereocenters. The Morgan fingerprint density at radius 1 is 1.18 bits per heavy atom. The van der Waals surface area contributed by atoms with Gasteiger partial charge in [-0.3, -0.25) is 4.98 Å². The molecule has 5 nitrogen and oxygen atoms in total. The molecule has 0 aliphatic heterocycles. The minimum absolute atomic E-state index is 0.215. The second-order valence-electron chi connectivity index (χ2n) is 5.07. The highest BCUT2D eigenvalue weighted by Gasteiger charge is 2.01. The van der Waals surface area contributed by atoms with Gasteiger partial charge in [0.2, 0.25) is 0 Å². The van der Waals surface area contributed by atoms with Crippen LogP contribution in [0.25, 0.3) is 0 Å². The first-order valence-corrected chi connectivity index (χ1v) is 7.26. The van der Waals surface area contributed by atoms with Crippen LogP contribution in [-0.2, 0) is 6.54 Å². The van der Waals surface area contributed by atoms with E-state index < -0.39 is 0 Å². The molecule has 1 heterocycles. The maximum Gasteiger partial charge on any atom is 0.315 e. The SMILES string of the molecule is Cc1ccc(OCCNC(=O)NCc2cccnc2)cc1C. The van der Waals surface area contributed by atoms with E-state index in [0.717, 1.165) is 11.3 Å². The van der Waals surface area contributed by atoms with Gasteiger partial charge in [-0.05, 0) is 48.7 Å². The zero-order chi connectivity index (χ0) is 15.8. The van der Waals surface area contributed by atoms with E-state index in [-0.39, 0.29) is 6.03 Å². The van der Waals surface area contributed by atoms with Crippen molar-refractivity contribution in [3.8, 4) is 5.75 Å². The van der Waals surface area contributed by atoms with Gasteiger partial charge in [-0.25, -0.2) is 4.79 Å². The van der Waals surface area contributed by atoms with Crippen molar-refractivity contribution in [2.45, 2.75) is 20.4 Å². The molecular weight excluding hydrogens is 278 g/mol. The summed E-state index contributed by atoms with van der Waals surface area (Å²) in [4.78, 5) is 15.6. The lowest BCUT2D eigenvalue weighted by Crippen LogP contribution is -2.37. The summed E-state index contributed by atoms with van der Waals surface area (Å²) < 4.78 is 5.60. The van der Waals surface area contributed by atoms with E-state index in [1.54, 1.807) is 12.4 Å². The molecule has 1 aromatic heterocycles. The predicted molar refractivity (Wildman–Crippen MR) is 85.9 cm³/mol. The van der Waals surface area contributed by atoms with Gasteiger partial charge < -0.3 is 15.4 Å². The predicted octanol–water partition coefficient (Wildman–Crippen LogP) is 2.58. The molecule has 0 bridgehead atoms. The van der Waals surface area contributed by atoms with Gasteiger partial charge in [-0.15, -0.1) is 0 Å². The molecule has 5 heteroatoms. The van der Waals surface area contributed by atoms with Crippen LogP contribution in [0.3, 0.4) is 0 Å². The number of ether oxygens (including phenoxy) is 1. The van der Waals surface area contributed by atoms with Crippen LogP contribution in [0.2, 0.25) is 0 Å². The van der Waals surface area contributed by atoms with Gasteiger partial charge in [-0.1, -0.05) is 12.1 Å². The van der Waals surface area contributed by atoms with Crippen molar-refractivity contribution in [3.63, 3.8) is 0 Å². The molecule has 2 N–H and O–H groups in total. The highest BCUT2D eigenvalue weighted by molar-refractivity contribution is 5.73. The lowest BCUT2D eigenvalue weighted by Gasteiger charge is -2.10. The summed E-state index contributed by atoms with van der Waals surface area (Å²) in [6, 6.07) is 9.50. The van der Waals surface area contributed by atoms with E-state index >= 15 is 0 Å². The summed E-state index contributed by atoms with van der Waals surface area (Å²) in [6.45, 7) is 5.45. The number of benzene rings is 1. The van der Waals surface area contributed by atoms with E-state index in [4.69, 9.17) is 4.74 Å². The third kappa shape index (κ3) is 5.09. The number of urea groups is 1. The Balaban J connectivity index is 1.63. The van der Waals surface area contributed by atoms with Crippen molar-refractivity contribution in [3.05, 3.63) is 59.4 Å². The van der Waals surface area contributed by atoms with Gasteiger partial charge in [0, 0.05) is 18.9 Å².